The third kappa shape index (κ3) is 3.10. The minimum Gasteiger partial charge on any atom is -0.339 e. The average Bonchev–Trinajstić information content (AvgIpc) is 2.59. The van der Waals surface area contributed by atoms with Crippen LogP contribution in [0.15, 0.2) is 18.2 Å². The summed E-state index contributed by atoms with van der Waals surface area (Å²) >= 11 is 0. The number of amides is 3. The Bertz CT molecular complexity index is 708. The quantitative estimate of drug-likeness (QED) is 0.851. The predicted molar refractivity (Wildman–Crippen MR) is 92.7 cm³/mol. The lowest BCUT2D eigenvalue weighted by atomic mass is 9.76. The number of halogens is 1. The van der Waals surface area contributed by atoms with Crippen molar-refractivity contribution < 1.29 is 14.0 Å². The van der Waals surface area contributed by atoms with Crippen LogP contribution in [-0.2, 0) is 4.79 Å². The average molecular weight is 345 g/mol. The summed E-state index contributed by atoms with van der Waals surface area (Å²) in [6.07, 6.45) is 3.76. The van der Waals surface area contributed by atoms with Gasteiger partial charge in [-0.2, -0.15) is 0 Å². The van der Waals surface area contributed by atoms with Crippen molar-refractivity contribution in [2.45, 2.75) is 38.6 Å². The van der Waals surface area contributed by atoms with Gasteiger partial charge in [0.1, 0.15) is 5.82 Å². The number of carbonyl (C=O) groups excluding carboxylic acids is 2. The molecule has 1 aromatic rings. The second-order valence-electron chi connectivity index (χ2n) is 7.67. The second-order valence-corrected chi connectivity index (χ2v) is 7.67. The molecule has 2 bridgehead atoms. The SMILES string of the molecule is Cc1ccc(NC(=O)N2C[C@H]3C[C@H](C2)[C@H]2CCCC(=O)N2C3)cc1F. The molecule has 3 fully saturated rings. The molecule has 0 saturated carbocycles. The number of fused-ring (bicyclic) bond motifs is 4. The van der Waals surface area contributed by atoms with Crippen LogP contribution in [0.25, 0.3) is 0 Å². The molecule has 6 heteroatoms. The van der Waals surface area contributed by atoms with Crippen molar-refractivity contribution in [1.29, 1.82) is 0 Å². The zero-order valence-electron chi connectivity index (χ0n) is 14.5. The van der Waals surface area contributed by atoms with Gasteiger partial charge in [-0.1, -0.05) is 6.07 Å². The van der Waals surface area contributed by atoms with Crippen LogP contribution < -0.4 is 5.32 Å². The largest absolute Gasteiger partial charge is 0.339 e. The highest BCUT2D eigenvalue weighted by atomic mass is 19.1. The summed E-state index contributed by atoms with van der Waals surface area (Å²) in [6.45, 7) is 3.80. The van der Waals surface area contributed by atoms with E-state index in [0.717, 1.165) is 25.8 Å². The van der Waals surface area contributed by atoms with Crippen molar-refractivity contribution in [3.05, 3.63) is 29.6 Å². The number of aryl methyl sites for hydroxylation is 1. The minimum absolute atomic E-state index is 0.173. The lowest BCUT2D eigenvalue weighted by Gasteiger charge is -2.52. The zero-order chi connectivity index (χ0) is 17.6. The topological polar surface area (TPSA) is 52.7 Å². The molecule has 5 nitrogen and oxygen atoms in total. The number of likely N-dealkylation sites (tertiary alicyclic amines) is 1. The van der Waals surface area contributed by atoms with Gasteiger partial charge in [0.2, 0.25) is 5.91 Å². The van der Waals surface area contributed by atoms with Crippen LogP contribution in [0.5, 0.6) is 0 Å². The highest BCUT2D eigenvalue weighted by Gasteiger charge is 2.44. The lowest BCUT2D eigenvalue weighted by molar-refractivity contribution is -0.144. The molecule has 0 spiro atoms. The van der Waals surface area contributed by atoms with Crippen LogP contribution in [0.1, 0.15) is 31.2 Å². The molecule has 1 N–H and O–H groups in total. The van der Waals surface area contributed by atoms with Gasteiger partial charge in [-0.05, 0) is 55.7 Å². The lowest BCUT2D eigenvalue weighted by Crippen LogP contribution is -2.61. The van der Waals surface area contributed by atoms with E-state index in [4.69, 9.17) is 0 Å². The van der Waals surface area contributed by atoms with E-state index in [1.807, 2.05) is 4.90 Å². The van der Waals surface area contributed by atoms with Gasteiger partial charge in [0.05, 0.1) is 0 Å². The fourth-order valence-electron chi connectivity index (χ4n) is 4.65. The van der Waals surface area contributed by atoms with E-state index < -0.39 is 0 Å². The molecule has 0 radical (unpaired) electrons. The van der Waals surface area contributed by atoms with Gasteiger partial charge in [-0.25, -0.2) is 9.18 Å². The Morgan fingerprint density at radius 2 is 2.12 bits per heavy atom. The Morgan fingerprint density at radius 1 is 1.28 bits per heavy atom. The van der Waals surface area contributed by atoms with Crippen molar-refractivity contribution in [3.8, 4) is 0 Å². The van der Waals surface area contributed by atoms with E-state index in [1.54, 1.807) is 19.1 Å². The molecule has 3 saturated heterocycles. The Morgan fingerprint density at radius 3 is 2.92 bits per heavy atom. The first-order valence-electron chi connectivity index (χ1n) is 9.13. The molecule has 134 valence electrons. The number of hydrogen-bond donors (Lipinski definition) is 1. The van der Waals surface area contributed by atoms with Gasteiger partial charge in [0.25, 0.3) is 0 Å². The van der Waals surface area contributed by atoms with Crippen LogP contribution in [0.3, 0.4) is 0 Å². The molecule has 25 heavy (non-hydrogen) atoms. The Balaban J connectivity index is 1.45. The van der Waals surface area contributed by atoms with Gasteiger partial charge < -0.3 is 15.1 Å². The van der Waals surface area contributed by atoms with E-state index in [0.29, 0.717) is 42.6 Å². The molecule has 3 heterocycles. The molecular weight excluding hydrogens is 321 g/mol. The number of hydrogen-bond acceptors (Lipinski definition) is 2. The first kappa shape index (κ1) is 16.4. The van der Waals surface area contributed by atoms with Crippen LogP contribution in [0.2, 0.25) is 0 Å². The summed E-state index contributed by atoms with van der Waals surface area (Å²) in [5.41, 5.74) is 1.05. The van der Waals surface area contributed by atoms with Crippen molar-refractivity contribution in [2.24, 2.45) is 11.8 Å². The number of carbonyl (C=O) groups is 2. The van der Waals surface area contributed by atoms with E-state index in [-0.39, 0.29) is 23.8 Å². The molecule has 0 aliphatic carbocycles. The molecule has 4 rings (SSSR count). The summed E-state index contributed by atoms with van der Waals surface area (Å²) in [4.78, 5) is 28.7. The van der Waals surface area contributed by atoms with Crippen molar-refractivity contribution in [1.82, 2.24) is 9.80 Å². The first-order chi connectivity index (χ1) is 12.0. The fraction of sp³-hybridized carbons (Fsp3) is 0.579. The molecule has 3 aliphatic heterocycles. The zero-order valence-corrected chi connectivity index (χ0v) is 14.5. The molecular formula is C19H24FN3O2. The van der Waals surface area contributed by atoms with Crippen molar-refractivity contribution in [2.75, 3.05) is 25.0 Å². The molecule has 0 aromatic heterocycles. The predicted octanol–water partition coefficient (Wildman–Crippen LogP) is 3.00. The number of nitrogens with one attached hydrogen (secondary N) is 1. The maximum absolute atomic E-state index is 13.7. The number of urea groups is 1. The van der Waals surface area contributed by atoms with Crippen LogP contribution in [-0.4, -0.2) is 47.4 Å². The maximum Gasteiger partial charge on any atom is 0.321 e. The molecule has 3 aliphatic rings. The maximum atomic E-state index is 13.7. The number of rotatable bonds is 1. The summed E-state index contributed by atoms with van der Waals surface area (Å²) < 4.78 is 13.7. The van der Waals surface area contributed by atoms with Gasteiger partial charge >= 0.3 is 6.03 Å². The third-order valence-corrected chi connectivity index (χ3v) is 5.89. The molecule has 0 unspecified atom stereocenters. The number of nitrogens with zero attached hydrogens (tertiary/aromatic N) is 2. The third-order valence-electron chi connectivity index (χ3n) is 5.89. The Hall–Kier alpha value is -2.11. The van der Waals surface area contributed by atoms with Gasteiger partial charge in [-0.3, -0.25) is 4.79 Å². The number of piperidine rings is 3. The smallest absolute Gasteiger partial charge is 0.321 e. The number of anilines is 1. The second kappa shape index (κ2) is 6.32. The highest BCUT2D eigenvalue weighted by Crippen LogP contribution is 2.38. The summed E-state index contributed by atoms with van der Waals surface area (Å²) in [6, 6.07) is 4.86. The first-order valence-corrected chi connectivity index (χ1v) is 9.13. The van der Waals surface area contributed by atoms with Crippen LogP contribution in [0, 0.1) is 24.6 Å². The van der Waals surface area contributed by atoms with Crippen molar-refractivity contribution in [3.63, 3.8) is 0 Å². The van der Waals surface area contributed by atoms with Gasteiger partial charge in [-0.15, -0.1) is 0 Å². The Labute approximate surface area is 147 Å². The van der Waals surface area contributed by atoms with E-state index in [9.17, 15) is 14.0 Å². The summed E-state index contributed by atoms with van der Waals surface area (Å²) in [5, 5.41) is 2.82. The monoisotopic (exact) mass is 345 g/mol. The standard InChI is InChI=1S/C19H24FN3O2/c1-12-5-6-15(8-16(12)20)21-19(25)22-9-13-7-14(11-22)17-3-2-4-18(24)23(17)10-13/h5-6,8,13-14,17H,2-4,7,9-11H2,1H3,(H,21,25)/t13-,14-,17-/m1/s1. The van der Waals surface area contributed by atoms with E-state index in [1.165, 1.54) is 6.07 Å². The normalized spacial score (nSPS) is 28.6. The van der Waals surface area contributed by atoms with Crippen molar-refractivity contribution >= 4 is 17.6 Å². The van der Waals surface area contributed by atoms with Gasteiger partial charge in [0.15, 0.2) is 0 Å². The number of benzene rings is 1. The van der Waals surface area contributed by atoms with Crippen LogP contribution in [0.4, 0.5) is 14.9 Å². The van der Waals surface area contributed by atoms with E-state index >= 15 is 0 Å². The fourth-order valence-corrected chi connectivity index (χ4v) is 4.65. The molecule has 3 atom stereocenters. The van der Waals surface area contributed by atoms with E-state index in [2.05, 4.69) is 10.2 Å². The molecule has 3 amide bonds. The molecule has 1 aromatic carbocycles. The van der Waals surface area contributed by atoms with Gasteiger partial charge in [0, 0.05) is 37.8 Å². The Kier molecular flexibility index (Phi) is 4.13. The minimum atomic E-state index is -0.315. The summed E-state index contributed by atoms with van der Waals surface area (Å²) in [5.74, 6) is 0.665. The summed E-state index contributed by atoms with van der Waals surface area (Å²) in [7, 11) is 0. The van der Waals surface area contributed by atoms with Crippen LogP contribution >= 0.6 is 0 Å². The highest BCUT2D eigenvalue weighted by molar-refractivity contribution is 5.89.